The zero-order chi connectivity index (χ0) is 12.4. The molecule has 0 aromatic carbocycles. The van der Waals surface area contributed by atoms with Gasteiger partial charge >= 0.3 is 0 Å². The first-order chi connectivity index (χ1) is 7.56. The summed E-state index contributed by atoms with van der Waals surface area (Å²) in [5, 5.41) is 11.3. The zero-order valence-corrected chi connectivity index (χ0v) is 10.8. The molecule has 0 fully saturated rings. The van der Waals surface area contributed by atoms with E-state index in [2.05, 4.69) is 36.1 Å². The smallest absolute Gasteiger partial charge is 0.139 e. The van der Waals surface area contributed by atoms with Gasteiger partial charge in [-0.3, -0.25) is 0 Å². The molecular weight excluding hydrogens is 204 g/mol. The van der Waals surface area contributed by atoms with Crippen molar-refractivity contribution in [3.63, 3.8) is 0 Å². The Morgan fingerprint density at radius 2 is 1.69 bits per heavy atom. The number of rotatable bonds is 9. The van der Waals surface area contributed by atoms with Crippen molar-refractivity contribution in [2.45, 2.75) is 25.7 Å². The average Bonchev–Trinajstić information content (AvgIpc) is 2.23. The first-order valence-corrected chi connectivity index (χ1v) is 5.86. The SMILES string of the molecule is CN(C)CCCN(C)CCCCC(N)=NO. The highest BCUT2D eigenvalue weighted by molar-refractivity contribution is 5.79. The second-order valence-electron chi connectivity index (χ2n) is 4.51. The highest BCUT2D eigenvalue weighted by Crippen LogP contribution is 1.98. The van der Waals surface area contributed by atoms with Gasteiger partial charge in [0.25, 0.3) is 0 Å². The molecule has 0 aromatic rings. The minimum absolute atomic E-state index is 0.329. The lowest BCUT2D eigenvalue weighted by molar-refractivity contribution is 0.295. The Morgan fingerprint density at radius 3 is 2.25 bits per heavy atom. The van der Waals surface area contributed by atoms with E-state index in [9.17, 15) is 0 Å². The molecule has 3 N–H and O–H groups in total. The molecule has 0 aliphatic carbocycles. The van der Waals surface area contributed by atoms with E-state index in [1.54, 1.807) is 0 Å². The molecule has 0 unspecified atom stereocenters. The number of oxime groups is 1. The number of unbranched alkanes of at least 4 members (excludes halogenated alkanes) is 1. The van der Waals surface area contributed by atoms with Crippen LogP contribution in [-0.4, -0.2) is 61.6 Å². The van der Waals surface area contributed by atoms with Crippen molar-refractivity contribution in [1.29, 1.82) is 0 Å². The minimum atomic E-state index is 0.329. The monoisotopic (exact) mass is 230 g/mol. The maximum Gasteiger partial charge on any atom is 0.139 e. The van der Waals surface area contributed by atoms with E-state index >= 15 is 0 Å². The fourth-order valence-corrected chi connectivity index (χ4v) is 1.51. The third-order valence-electron chi connectivity index (χ3n) is 2.50. The van der Waals surface area contributed by atoms with Gasteiger partial charge in [0.2, 0.25) is 0 Å². The van der Waals surface area contributed by atoms with Gasteiger partial charge in [0.15, 0.2) is 0 Å². The van der Waals surface area contributed by atoms with E-state index in [0.29, 0.717) is 12.3 Å². The molecule has 0 amide bonds. The first-order valence-electron chi connectivity index (χ1n) is 5.86. The molecule has 0 saturated carbocycles. The second kappa shape index (κ2) is 9.42. The third kappa shape index (κ3) is 9.73. The number of amidine groups is 1. The van der Waals surface area contributed by atoms with E-state index in [4.69, 9.17) is 10.9 Å². The van der Waals surface area contributed by atoms with Crippen LogP contribution < -0.4 is 5.73 Å². The highest BCUT2D eigenvalue weighted by atomic mass is 16.4. The molecule has 96 valence electrons. The lowest BCUT2D eigenvalue weighted by Gasteiger charge is -2.17. The molecule has 0 radical (unpaired) electrons. The Hall–Kier alpha value is -0.810. The number of nitrogens with two attached hydrogens (primary N) is 1. The minimum Gasteiger partial charge on any atom is -0.409 e. The standard InChI is InChI=1S/C11H26N4O/c1-14(2)8-6-10-15(3)9-5-4-7-11(12)13-16/h16H,4-10H2,1-3H3,(H2,12,13). The summed E-state index contributed by atoms with van der Waals surface area (Å²) in [4.78, 5) is 4.53. The fourth-order valence-electron chi connectivity index (χ4n) is 1.51. The van der Waals surface area contributed by atoms with Gasteiger partial charge in [0.05, 0.1) is 0 Å². The van der Waals surface area contributed by atoms with Crippen LogP contribution >= 0.6 is 0 Å². The van der Waals surface area contributed by atoms with Crippen molar-refractivity contribution in [1.82, 2.24) is 9.80 Å². The lowest BCUT2D eigenvalue weighted by atomic mass is 10.2. The van der Waals surface area contributed by atoms with Crippen molar-refractivity contribution in [2.24, 2.45) is 10.9 Å². The van der Waals surface area contributed by atoms with Crippen LogP contribution in [0, 0.1) is 0 Å². The van der Waals surface area contributed by atoms with Crippen molar-refractivity contribution in [3.05, 3.63) is 0 Å². The maximum atomic E-state index is 8.36. The van der Waals surface area contributed by atoms with Gasteiger partial charge in [0, 0.05) is 6.42 Å². The predicted octanol–water partition coefficient (Wildman–Crippen LogP) is 0.787. The molecule has 0 aliphatic heterocycles. The Morgan fingerprint density at radius 1 is 1.06 bits per heavy atom. The zero-order valence-electron chi connectivity index (χ0n) is 10.8. The van der Waals surface area contributed by atoms with Crippen LogP contribution in [0.1, 0.15) is 25.7 Å². The molecule has 0 aromatic heterocycles. The van der Waals surface area contributed by atoms with Crippen LogP contribution in [0.3, 0.4) is 0 Å². The third-order valence-corrected chi connectivity index (χ3v) is 2.50. The summed E-state index contributed by atoms with van der Waals surface area (Å²) < 4.78 is 0. The molecule has 0 bridgehead atoms. The summed E-state index contributed by atoms with van der Waals surface area (Å²) in [7, 11) is 6.33. The van der Waals surface area contributed by atoms with E-state index < -0.39 is 0 Å². The van der Waals surface area contributed by atoms with Crippen molar-refractivity contribution < 1.29 is 5.21 Å². The van der Waals surface area contributed by atoms with Crippen LogP contribution in [0.4, 0.5) is 0 Å². The van der Waals surface area contributed by atoms with Crippen molar-refractivity contribution in [3.8, 4) is 0 Å². The number of nitrogens with zero attached hydrogens (tertiary/aromatic N) is 3. The van der Waals surface area contributed by atoms with Crippen LogP contribution in [0.2, 0.25) is 0 Å². The van der Waals surface area contributed by atoms with Gasteiger partial charge in [0.1, 0.15) is 5.84 Å². The largest absolute Gasteiger partial charge is 0.409 e. The second-order valence-corrected chi connectivity index (χ2v) is 4.51. The molecule has 0 atom stereocenters. The molecule has 0 aliphatic rings. The summed E-state index contributed by atoms with van der Waals surface area (Å²) in [6, 6.07) is 0. The highest BCUT2D eigenvalue weighted by Gasteiger charge is 1.99. The molecule has 5 nitrogen and oxygen atoms in total. The van der Waals surface area contributed by atoms with Crippen molar-refractivity contribution >= 4 is 5.84 Å². The van der Waals surface area contributed by atoms with Gasteiger partial charge in [-0.2, -0.15) is 0 Å². The van der Waals surface area contributed by atoms with Gasteiger partial charge in [-0.15, -0.1) is 0 Å². The Kier molecular flexibility index (Phi) is 8.94. The van der Waals surface area contributed by atoms with Gasteiger partial charge in [-0.25, -0.2) is 0 Å². The van der Waals surface area contributed by atoms with Crippen molar-refractivity contribution in [2.75, 3.05) is 40.8 Å². The van der Waals surface area contributed by atoms with Gasteiger partial charge < -0.3 is 20.7 Å². The summed E-state index contributed by atoms with van der Waals surface area (Å²) in [6.45, 7) is 3.34. The predicted molar refractivity (Wildman–Crippen MR) is 67.9 cm³/mol. The Balaban J connectivity index is 3.33. The molecule has 0 spiro atoms. The van der Waals surface area contributed by atoms with E-state index in [1.165, 1.54) is 6.42 Å². The first kappa shape index (κ1) is 15.2. The van der Waals surface area contributed by atoms with Crippen LogP contribution in [-0.2, 0) is 0 Å². The summed E-state index contributed by atoms with van der Waals surface area (Å²) in [6.07, 6.45) is 3.95. The molecule has 0 rings (SSSR count). The fraction of sp³-hybridized carbons (Fsp3) is 0.909. The maximum absolute atomic E-state index is 8.36. The molecule has 16 heavy (non-hydrogen) atoms. The lowest BCUT2D eigenvalue weighted by Crippen LogP contribution is -2.24. The average molecular weight is 230 g/mol. The number of hydrogen-bond acceptors (Lipinski definition) is 4. The van der Waals surface area contributed by atoms with E-state index in [-0.39, 0.29) is 0 Å². The van der Waals surface area contributed by atoms with Gasteiger partial charge in [-0.1, -0.05) is 5.16 Å². The van der Waals surface area contributed by atoms with Crippen LogP contribution in [0.15, 0.2) is 5.16 Å². The quantitative estimate of drug-likeness (QED) is 0.202. The summed E-state index contributed by atoms with van der Waals surface area (Å²) in [5.74, 6) is 0.329. The molecule has 0 saturated heterocycles. The molecule has 0 heterocycles. The molecule has 5 heteroatoms. The molecular formula is C11H26N4O. The van der Waals surface area contributed by atoms with Crippen LogP contribution in [0.5, 0.6) is 0 Å². The van der Waals surface area contributed by atoms with E-state index in [0.717, 1.165) is 32.5 Å². The van der Waals surface area contributed by atoms with Gasteiger partial charge in [-0.05, 0) is 60.0 Å². The normalized spacial score (nSPS) is 12.7. The topological polar surface area (TPSA) is 65.1 Å². The Labute approximate surface area is 98.9 Å². The number of hydrogen-bond donors (Lipinski definition) is 2. The Bertz CT molecular complexity index is 194. The van der Waals surface area contributed by atoms with E-state index in [1.807, 2.05) is 0 Å². The van der Waals surface area contributed by atoms with Crippen LogP contribution in [0.25, 0.3) is 0 Å². The summed E-state index contributed by atoms with van der Waals surface area (Å²) in [5.41, 5.74) is 5.38. The summed E-state index contributed by atoms with van der Waals surface area (Å²) >= 11 is 0.